The minimum Gasteiger partial charge on any atom is -0.205 e. The molecule has 1 rings (SSSR count). The first-order valence-electron chi connectivity index (χ1n) is 5.25. The molecule has 0 aliphatic heterocycles. The second kappa shape index (κ2) is 4.15. The van der Waals surface area contributed by atoms with Gasteiger partial charge in [-0.05, 0) is 26.3 Å². The van der Waals surface area contributed by atoms with E-state index >= 15 is 0 Å². The van der Waals surface area contributed by atoms with Gasteiger partial charge < -0.3 is 0 Å². The Bertz CT molecular complexity index is 384. The number of rotatable bonds is 2. The van der Waals surface area contributed by atoms with Crippen molar-refractivity contribution < 1.29 is 4.59 Å². The molecule has 0 fully saturated rings. The molecule has 0 aliphatic carbocycles. The minimum atomic E-state index is 0.610. The van der Waals surface area contributed by atoms with Crippen molar-refractivity contribution in [1.82, 2.24) is 0 Å². The molecule has 0 unspecified atom stereocenters. The van der Waals surface area contributed by atoms with Crippen molar-refractivity contribution in [3.05, 3.63) is 34.9 Å². The van der Waals surface area contributed by atoms with Crippen LogP contribution in [0.2, 0.25) is 0 Å². The van der Waals surface area contributed by atoms with Crippen LogP contribution in [0, 0.1) is 13.8 Å². The van der Waals surface area contributed by atoms with Crippen LogP contribution in [0.1, 0.15) is 23.6 Å². The third kappa shape index (κ3) is 3.48. The van der Waals surface area contributed by atoms with E-state index in [0.717, 1.165) is 5.71 Å². The summed E-state index contributed by atoms with van der Waals surface area (Å²) in [6.07, 6.45) is 0. The van der Waals surface area contributed by atoms with E-state index in [1.807, 2.05) is 0 Å². The summed E-state index contributed by atoms with van der Waals surface area (Å²) < 4.78 is 0.610. The zero-order valence-electron chi connectivity index (χ0n) is 10.6. The largest absolute Gasteiger partial charge is 0.205 e. The van der Waals surface area contributed by atoms with Gasteiger partial charge in [-0.1, -0.05) is 28.9 Å². The van der Waals surface area contributed by atoms with Gasteiger partial charge in [-0.2, -0.15) is 0 Å². The van der Waals surface area contributed by atoms with Crippen molar-refractivity contribution in [3.8, 4) is 0 Å². The predicted octanol–water partition coefficient (Wildman–Crippen LogP) is 2.73. The molecule has 0 spiro atoms. The van der Waals surface area contributed by atoms with E-state index in [9.17, 15) is 0 Å². The lowest BCUT2D eigenvalue weighted by Crippen LogP contribution is -2.29. The van der Waals surface area contributed by atoms with Crippen LogP contribution in [0.15, 0.2) is 23.3 Å². The summed E-state index contributed by atoms with van der Waals surface area (Å²) in [7, 11) is 6.19. The standard InChI is InChI=1S/C13H21N2/c1-10-7-8-13(11(2)9-10)12(3)14-15(4,5)6/h7-9H,1-6H3/q+1. The van der Waals surface area contributed by atoms with E-state index < -0.39 is 0 Å². The Morgan fingerprint density at radius 1 is 1.13 bits per heavy atom. The molecule has 2 heteroatoms. The average molecular weight is 205 g/mol. The zero-order valence-corrected chi connectivity index (χ0v) is 10.6. The van der Waals surface area contributed by atoms with Crippen LogP contribution in [-0.2, 0) is 0 Å². The maximum atomic E-state index is 4.62. The van der Waals surface area contributed by atoms with Crippen LogP contribution in [-0.4, -0.2) is 31.4 Å². The lowest BCUT2D eigenvalue weighted by molar-refractivity contribution is -0.877. The number of benzene rings is 1. The van der Waals surface area contributed by atoms with Crippen molar-refractivity contribution in [2.24, 2.45) is 5.10 Å². The third-order valence-electron chi connectivity index (χ3n) is 2.22. The maximum Gasteiger partial charge on any atom is 0.100 e. The molecule has 0 amide bonds. The molecular weight excluding hydrogens is 184 g/mol. The SMILES string of the molecule is CC(=N[N+](C)(C)C)c1ccc(C)cc1C. The molecule has 0 saturated carbocycles. The summed E-state index contributed by atoms with van der Waals surface area (Å²) in [4.78, 5) is 0. The smallest absolute Gasteiger partial charge is 0.100 e. The number of nitrogens with zero attached hydrogens (tertiary/aromatic N) is 2. The molecule has 0 bridgehead atoms. The fourth-order valence-corrected chi connectivity index (χ4v) is 1.72. The van der Waals surface area contributed by atoms with Crippen molar-refractivity contribution in [3.63, 3.8) is 0 Å². The molecule has 15 heavy (non-hydrogen) atoms. The summed E-state index contributed by atoms with van der Waals surface area (Å²) >= 11 is 0. The van der Waals surface area contributed by atoms with E-state index in [1.54, 1.807) is 0 Å². The van der Waals surface area contributed by atoms with E-state index in [-0.39, 0.29) is 0 Å². The lowest BCUT2D eigenvalue weighted by Gasteiger charge is -2.17. The number of aryl methyl sites for hydroxylation is 2. The van der Waals surface area contributed by atoms with Crippen molar-refractivity contribution in [1.29, 1.82) is 0 Å². The monoisotopic (exact) mass is 205 g/mol. The van der Waals surface area contributed by atoms with Crippen LogP contribution in [0.5, 0.6) is 0 Å². The highest BCUT2D eigenvalue weighted by Gasteiger charge is 2.09. The Morgan fingerprint density at radius 2 is 1.73 bits per heavy atom. The Hall–Kier alpha value is -1.15. The van der Waals surface area contributed by atoms with Gasteiger partial charge in [0.2, 0.25) is 0 Å². The van der Waals surface area contributed by atoms with Gasteiger partial charge in [0.1, 0.15) is 5.71 Å². The quantitative estimate of drug-likeness (QED) is 0.400. The second-order valence-electron chi connectivity index (χ2n) is 4.95. The van der Waals surface area contributed by atoms with Gasteiger partial charge >= 0.3 is 0 Å². The van der Waals surface area contributed by atoms with Crippen LogP contribution in [0.25, 0.3) is 0 Å². The topological polar surface area (TPSA) is 12.4 Å². The van der Waals surface area contributed by atoms with Gasteiger partial charge in [0.05, 0.1) is 21.1 Å². The van der Waals surface area contributed by atoms with Crippen LogP contribution >= 0.6 is 0 Å². The lowest BCUT2D eigenvalue weighted by atomic mass is 10.0. The van der Waals surface area contributed by atoms with E-state index in [2.05, 4.69) is 65.2 Å². The van der Waals surface area contributed by atoms with Gasteiger partial charge in [-0.15, -0.1) is 0 Å². The summed E-state index contributed by atoms with van der Waals surface area (Å²) in [6.45, 7) is 6.32. The average Bonchev–Trinajstić information content (AvgIpc) is 1.99. The van der Waals surface area contributed by atoms with Crippen LogP contribution in [0.4, 0.5) is 0 Å². The zero-order chi connectivity index (χ0) is 11.6. The van der Waals surface area contributed by atoms with Gasteiger partial charge in [-0.3, -0.25) is 0 Å². The molecule has 0 N–H and O–H groups in total. The predicted molar refractivity (Wildman–Crippen MR) is 66.2 cm³/mol. The van der Waals surface area contributed by atoms with Crippen LogP contribution in [0.3, 0.4) is 0 Å². The highest BCUT2D eigenvalue weighted by atomic mass is 15.6. The molecule has 2 nitrogen and oxygen atoms in total. The number of hydrogen-bond acceptors (Lipinski definition) is 1. The van der Waals surface area contributed by atoms with Gasteiger partial charge in [-0.25, -0.2) is 4.59 Å². The van der Waals surface area contributed by atoms with Crippen molar-refractivity contribution in [2.45, 2.75) is 20.8 Å². The number of quaternary nitrogens is 1. The molecule has 0 saturated heterocycles. The molecule has 0 radical (unpaired) electrons. The van der Waals surface area contributed by atoms with Crippen molar-refractivity contribution in [2.75, 3.05) is 21.1 Å². The Kier molecular flexibility index (Phi) is 3.30. The first-order valence-corrected chi connectivity index (χ1v) is 5.25. The molecule has 0 heterocycles. The summed E-state index contributed by atoms with van der Waals surface area (Å²) in [5.74, 6) is 0. The molecule has 0 atom stereocenters. The van der Waals surface area contributed by atoms with Gasteiger partial charge in [0.25, 0.3) is 0 Å². The summed E-state index contributed by atoms with van der Waals surface area (Å²) in [5, 5.41) is 4.62. The van der Waals surface area contributed by atoms with E-state index in [0.29, 0.717) is 4.59 Å². The Labute approximate surface area is 92.8 Å². The third-order valence-corrected chi connectivity index (χ3v) is 2.22. The molecule has 1 aromatic rings. The fraction of sp³-hybridized carbons (Fsp3) is 0.462. The van der Waals surface area contributed by atoms with Gasteiger partial charge in [0.15, 0.2) is 0 Å². The molecule has 1 aromatic carbocycles. The van der Waals surface area contributed by atoms with Crippen molar-refractivity contribution >= 4 is 5.71 Å². The molecule has 0 aromatic heterocycles. The fourth-order valence-electron chi connectivity index (χ4n) is 1.72. The summed E-state index contributed by atoms with van der Waals surface area (Å²) in [6, 6.07) is 6.49. The highest BCUT2D eigenvalue weighted by Crippen LogP contribution is 2.12. The first kappa shape index (κ1) is 11.9. The summed E-state index contributed by atoms with van der Waals surface area (Å²) in [5.41, 5.74) is 4.94. The minimum absolute atomic E-state index is 0.610. The Morgan fingerprint density at radius 3 is 2.20 bits per heavy atom. The maximum absolute atomic E-state index is 4.62. The van der Waals surface area contributed by atoms with E-state index in [4.69, 9.17) is 0 Å². The van der Waals surface area contributed by atoms with Crippen LogP contribution < -0.4 is 0 Å². The highest BCUT2D eigenvalue weighted by molar-refractivity contribution is 5.99. The van der Waals surface area contributed by atoms with Gasteiger partial charge in [0, 0.05) is 5.56 Å². The second-order valence-corrected chi connectivity index (χ2v) is 4.95. The molecular formula is C13H21N2+. The first-order chi connectivity index (χ1) is 6.79. The Balaban J connectivity index is 3.12. The van der Waals surface area contributed by atoms with E-state index in [1.165, 1.54) is 16.7 Å². The normalized spacial score (nSPS) is 13.1. The number of hydrogen-bond donors (Lipinski definition) is 0. The molecule has 0 aliphatic rings. The molecule has 82 valence electrons.